The van der Waals surface area contributed by atoms with E-state index in [1.807, 2.05) is 32.6 Å². The van der Waals surface area contributed by atoms with Crippen LogP contribution >= 0.6 is 0 Å². The molecule has 0 aliphatic carbocycles. The van der Waals surface area contributed by atoms with Crippen LogP contribution in [0.25, 0.3) is 0 Å². The zero-order chi connectivity index (χ0) is 25.8. The van der Waals surface area contributed by atoms with Gasteiger partial charge < -0.3 is 29.7 Å². The predicted molar refractivity (Wildman–Crippen MR) is 133 cm³/mol. The number of rotatable bonds is 7. The van der Waals surface area contributed by atoms with Gasteiger partial charge in [0.15, 0.2) is 11.6 Å². The van der Waals surface area contributed by atoms with E-state index in [0.29, 0.717) is 45.1 Å². The van der Waals surface area contributed by atoms with E-state index in [1.165, 1.54) is 11.2 Å². The number of β-amino-alcohol motifs (C(OH)–C–C–N with tert-alkyl or cyclic N) is 1. The third kappa shape index (κ3) is 7.64. The molecule has 35 heavy (non-hydrogen) atoms. The van der Waals surface area contributed by atoms with Crippen LogP contribution in [0.3, 0.4) is 0 Å². The summed E-state index contributed by atoms with van der Waals surface area (Å²) in [4.78, 5) is 24.1. The fourth-order valence-electron chi connectivity index (χ4n) is 4.51. The lowest BCUT2D eigenvalue weighted by Gasteiger charge is -2.37. The van der Waals surface area contributed by atoms with Crippen LogP contribution in [-0.4, -0.2) is 82.7 Å². The van der Waals surface area contributed by atoms with Crippen molar-refractivity contribution >= 4 is 17.7 Å². The molecule has 9 nitrogen and oxygen atoms in total. The topological polar surface area (TPSA) is 100 Å². The number of hydrogen-bond donors (Lipinski definition) is 2. The SMILES string of the molecule is CCN(C[C@@H]1CCC(C)(C)OC1)c1ncnc(NCC2CCN(C(=O)OC(C)(C)C)CC2O)c1F. The Morgan fingerprint density at radius 2 is 2.11 bits per heavy atom. The van der Waals surface area contributed by atoms with Crippen molar-refractivity contribution in [3.8, 4) is 0 Å². The van der Waals surface area contributed by atoms with E-state index in [-0.39, 0.29) is 29.7 Å². The van der Waals surface area contributed by atoms with Gasteiger partial charge in [-0.25, -0.2) is 14.8 Å². The van der Waals surface area contributed by atoms with Crippen molar-refractivity contribution in [2.75, 3.05) is 49.5 Å². The Bertz CT molecular complexity index is 853. The molecule has 10 heteroatoms. The van der Waals surface area contributed by atoms with Crippen molar-refractivity contribution in [3.63, 3.8) is 0 Å². The van der Waals surface area contributed by atoms with Crippen LogP contribution in [0.1, 0.15) is 60.8 Å². The summed E-state index contributed by atoms with van der Waals surface area (Å²) in [6, 6.07) is 0. The molecule has 198 valence electrons. The molecule has 2 aliphatic heterocycles. The lowest BCUT2D eigenvalue weighted by Crippen LogP contribution is -2.49. The molecule has 1 amide bonds. The summed E-state index contributed by atoms with van der Waals surface area (Å²) in [5, 5.41) is 13.7. The van der Waals surface area contributed by atoms with Crippen LogP contribution in [-0.2, 0) is 9.47 Å². The zero-order valence-corrected chi connectivity index (χ0v) is 22.0. The number of anilines is 2. The highest BCUT2D eigenvalue weighted by molar-refractivity contribution is 5.68. The highest BCUT2D eigenvalue weighted by Gasteiger charge is 2.33. The van der Waals surface area contributed by atoms with Gasteiger partial charge in [-0.15, -0.1) is 0 Å². The summed E-state index contributed by atoms with van der Waals surface area (Å²) < 4.78 is 26.7. The largest absolute Gasteiger partial charge is 0.444 e. The molecule has 0 spiro atoms. The number of ether oxygens (including phenoxy) is 2. The fraction of sp³-hybridized carbons (Fsp3) is 0.800. The second kappa shape index (κ2) is 11.2. The molecule has 3 heterocycles. The lowest BCUT2D eigenvalue weighted by molar-refractivity contribution is -0.0747. The Hall–Kier alpha value is -2.20. The van der Waals surface area contributed by atoms with E-state index in [2.05, 4.69) is 29.1 Å². The molecule has 0 saturated carbocycles. The smallest absolute Gasteiger partial charge is 0.410 e. The van der Waals surface area contributed by atoms with Gasteiger partial charge in [-0.1, -0.05) is 0 Å². The number of hydrogen-bond acceptors (Lipinski definition) is 8. The van der Waals surface area contributed by atoms with E-state index in [1.54, 1.807) is 0 Å². The Morgan fingerprint density at radius 1 is 1.37 bits per heavy atom. The predicted octanol–water partition coefficient (Wildman–Crippen LogP) is 3.68. The van der Waals surface area contributed by atoms with Gasteiger partial charge in [-0.2, -0.15) is 4.39 Å². The van der Waals surface area contributed by atoms with Gasteiger partial charge >= 0.3 is 6.09 Å². The van der Waals surface area contributed by atoms with Gasteiger partial charge in [0.05, 0.1) is 24.9 Å². The Balaban J connectivity index is 1.56. The minimum absolute atomic E-state index is 0.0988. The highest BCUT2D eigenvalue weighted by atomic mass is 19.1. The Morgan fingerprint density at radius 3 is 2.71 bits per heavy atom. The zero-order valence-electron chi connectivity index (χ0n) is 22.0. The lowest BCUT2D eigenvalue weighted by atomic mass is 9.91. The maximum absolute atomic E-state index is 15.4. The highest BCUT2D eigenvalue weighted by Crippen LogP contribution is 2.30. The Kier molecular flexibility index (Phi) is 8.80. The van der Waals surface area contributed by atoms with Crippen LogP contribution in [0.5, 0.6) is 0 Å². The average Bonchev–Trinajstić information content (AvgIpc) is 2.77. The van der Waals surface area contributed by atoms with Crippen molar-refractivity contribution in [2.24, 2.45) is 11.8 Å². The first-order valence-corrected chi connectivity index (χ1v) is 12.7. The fourth-order valence-corrected chi connectivity index (χ4v) is 4.51. The maximum Gasteiger partial charge on any atom is 0.410 e. The van der Waals surface area contributed by atoms with Gasteiger partial charge in [-0.05, 0) is 66.7 Å². The third-order valence-electron chi connectivity index (χ3n) is 6.70. The summed E-state index contributed by atoms with van der Waals surface area (Å²) in [5.74, 6) is 0.0778. The van der Waals surface area contributed by atoms with E-state index >= 15 is 4.39 Å². The summed E-state index contributed by atoms with van der Waals surface area (Å²) in [6.07, 6.45) is 2.78. The summed E-state index contributed by atoms with van der Waals surface area (Å²) in [5.41, 5.74) is -0.686. The molecule has 2 saturated heterocycles. The number of nitrogens with zero attached hydrogens (tertiary/aromatic N) is 4. The molecule has 1 aromatic rings. The van der Waals surface area contributed by atoms with E-state index in [4.69, 9.17) is 9.47 Å². The quantitative estimate of drug-likeness (QED) is 0.591. The minimum atomic E-state index is -0.740. The molecule has 2 N–H and O–H groups in total. The number of aliphatic hydroxyl groups is 1. The van der Waals surface area contributed by atoms with Crippen LogP contribution in [0.15, 0.2) is 6.33 Å². The van der Waals surface area contributed by atoms with Crippen LogP contribution in [0.2, 0.25) is 0 Å². The number of amides is 1. The van der Waals surface area contributed by atoms with Crippen LogP contribution in [0.4, 0.5) is 20.8 Å². The first-order valence-electron chi connectivity index (χ1n) is 12.7. The summed E-state index contributed by atoms with van der Waals surface area (Å²) >= 11 is 0. The molecule has 0 aromatic carbocycles. The molecule has 2 aliphatic rings. The number of likely N-dealkylation sites (tertiary alicyclic amines) is 1. The summed E-state index contributed by atoms with van der Waals surface area (Å²) in [6.45, 7) is 14.6. The number of piperidine rings is 1. The maximum atomic E-state index is 15.4. The van der Waals surface area contributed by atoms with Crippen molar-refractivity contribution in [3.05, 3.63) is 12.1 Å². The van der Waals surface area contributed by atoms with Gasteiger partial charge in [-0.3, -0.25) is 0 Å². The van der Waals surface area contributed by atoms with Gasteiger partial charge in [0.1, 0.15) is 11.9 Å². The normalized spacial score (nSPS) is 24.7. The van der Waals surface area contributed by atoms with Gasteiger partial charge in [0, 0.05) is 32.1 Å². The number of carbonyl (C=O) groups excluding carboxylic acids is 1. The van der Waals surface area contributed by atoms with Gasteiger partial charge in [0.2, 0.25) is 5.82 Å². The molecule has 3 atom stereocenters. The average molecular weight is 496 g/mol. The van der Waals surface area contributed by atoms with E-state index in [0.717, 1.165) is 12.8 Å². The second-order valence-electron chi connectivity index (χ2n) is 11.3. The number of nitrogens with one attached hydrogen (secondary N) is 1. The summed E-state index contributed by atoms with van der Waals surface area (Å²) in [7, 11) is 0. The number of aliphatic hydroxyl groups excluding tert-OH is 1. The van der Waals surface area contributed by atoms with Crippen molar-refractivity contribution < 1.29 is 23.8 Å². The first-order chi connectivity index (χ1) is 16.4. The van der Waals surface area contributed by atoms with Crippen molar-refractivity contribution in [2.45, 2.75) is 78.1 Å². The number of halogens is 1. The van der Waals surface area contributed by atoms with Crippen LogP contribution < -0.4 is 10.2 Å². The monoisotopic (exact) mass is 495 g/mol. The molecule has 2 fully saturated rings. The molecule has 0 radical (unpaired) electrons. The second-order valence-corrected chi connectivity index (χ2v) is 11.3. The molecule has 2 unspecified atom stereocenters. The van der Waals surface area contributed by atoms with Crippen molar-refractivity contribution in [1.29, 1.82) is 0 Å². The minimum Gasteiger partial charge on any atom is -0.444 e. The van der Waals surface area contributed by atoms with Gasteiger partial charge in [0.25, 0.3) is 0 Å². The van der Waals surface area contributed by atoms with Crippen molar-refractivity contribution in [1.82, 2.24) is 14.9 Å². The number of carbonyl (C=O) groups is 1. The first kappa shape index (κ1) is 27.4. The molecule has 0 bridgehead atoms. The van der Waals surface area contributed by atoms with Crippen LogP contribution in [0, 0.1) is 17.7 Å². The van der Waals surface area contributed by atoms with E-state index < -0.39 is 23.6 Å². The van der Waals surface area contributed by atoms with E-state index in [9.17, 15) is 9.90 Å². The Labute approximate surface area is 208 Å². The number of aromatic nitrogens is 2. The molecule has 3 rings (SSSR count). The molecule has 1 aromatic heterocycles. The third-order valence-corrected chi connectivity index (χ3v) is 6.70. The molecular weight excluding hydrogens is 453 g/mol. The molecular formula is C25H42FN5O4. The standard InChI is InChI=1S/C25H42FN5O4/c1-7-30(13-17-8-10-25(5,6)34-15-17)22-20(26)21(28-16-29-22)27-12-18-9-11-31(14-19(18)32)23(33)35-24(2,3)4/h16-19,32H,7-15H2,1-6H3,(H,27,28,29)/t17-,18?,19?/m0/s1.